The maximum absolute atomic E-state index is 13.9. The van der Waals surface area contributed by atoms with Gasteiger partial charge in [0.15, 0.2) is 0 Å². The second-order valence-corrected chi connectivity index (χ2v) is 11.7. The molecule has 3 aromatic carbocycles. The van der Waals surface area contributed by atoms with Gasteiger partial charge in [0.2, 0.25) is 17.7 Å². The Morgan fingerprint density at radius 3 is 1.63 bits per heavy atom. The van der Waals surface area contributed by atoms with Crippen LogP contribution >= 0.6 is 0 Å². The van der Waals surface area contributed by atoms with E-state index >= 15 is 0 Å². The quantitative estimate of drug-likeness (QED) is 0.0788. The predicted molar refractivity (Wildman–Crippen MR) is 179 cm³/mol. The van der Waals surface area contributed by atoms with Gasteiger partial charge in [-0.15, -0.1) is 0 Å². The normalized spacial score (nSPS) is 13.7. The highest BCUT2D eigenvalue weighted by atomic mass is 16.4. The Balaban J connectivity index is 1.42. The van der Waals surface area contributed by atoms with Gasteiger partial charge < -0.3 is 47.0 Å². The van der Waals surface area contributed by atoms with Gasteiger partial charge in [-0.25, -0.2) is 4.79 Å². The summed E-state index contributed by atoms with van der Waals surface area (Å²) in [5, 5.41) is 38.3. The zero-order valence-corrected chi connectivity index (χ0v) is 26.2. The zero-order chi connectivity index (χ0) is 35.1. The number of carboxylic acid groups (broad SMARTS) is 2. The van der Waals surface area contributed by atoms with E-state index < -0.39 is 60.2 Å². The third kappa shape index (κ3) is 8.61. The number of fused-ring (bicyclic) bond motifs is 2. The van der Waals surface area contributed by atoms with Gasteiger partial charge in [0.25, 0.3) is 0 Å². The molecule has 4 atom stereocenters. The Kier molecular flexibility index (Phi) is 10.6. The second-order valence-electron chi connectivity index (χ2n) is 11.7. The molecule has 5 rings (SSSR count). The maximum atomic E-state index is 13.9. The zero-order valence-electron chi connectivity index (χ0n) is 26.2. The van der Waals surface area contributed by atoms with Crippen LogP contribution in [0.2, 0.25) is 0 Å². The number of phenolic OH excluding ortho intramolecular Hbond substituents is 1. The number of aromatic amines is 2. The Bertz CT molecular complexity index is 1980. The van der Waals surface area contributed by atoms with Crippen LogP contribution in [0.25, 0.3) is 21.8 Å². The van der Waals surface area contributed by atoms with Crippen molar-refractivity contribution < 1.29 is 39.3 Å². The number of nitrogens with two attached hydrogens (primary N) is 1. The highest BCUT2D eigenvalue weighted by Gasteiger charge is 2.32. The lowest BCUT2D eigenvalue weighted by molar-refractivity contribution is -0.142. The van der Waals surface area contributed by atoms with Crippen LogP contribution < -0.4 is 21.7 Å². The van der Waals surface area contributed by atoms with Crippen molar-refractivity contribution in [2.45, 2.75) is 49.9 Å². The molecule has 2 heterocycles. The Labute approximate surface area is 279 Å². The molecule has 0 spiro atoms. The topological polar surface area (TPSA) is 240 Å². The number of aromatic hydroxyl groups is 1. The number of carboxylic acids is 2. The van der Waals surface area contributed by atoms with E-state index in [9.17, 15) is 34.2 Å². The summed E-state index contributed by atoms with van der Waals surface area (Å²) in [7, 11) is 0. The molecule has 0 radical (unpaired) electrons. The van der Waals surface area contributed by atoms with Gasteiger partial charge in [-0.2, -0.15) is 0 Å². The van der Waals surface area contributed by atoms with Gasteiger partial charge in [-0.3, -0.25) is 19.2 Å². The Morgan fingerprint density at radius 1 is 0.633 bits per heavy atom. The summed E-state index contributed by atoms with van der Waals surface area (Å²) in [5.74, 6) is -5.08. The molecule has 254 valence electrons. The second kappa shape index (κ2) is 15.2. The van der Waals surface area contributed by atoms with Crippen molar-refractivity contribution in [1.82, 2.24) is 25.9 Å². The molecule has 14 nitrogen and oxygen atoms in total. The third-order valence-electron chi connectivity index (χ3n) is 8.19. The number of benzene rings is 3. The smallest absolute Gasteiger partial charge is 0.326 e. The molecular formula is C35H36N6O8. The summed E-state index contributed by atoms with van der Waals surface area (Å²) >= 11 is 0. The fourth-order valence-corrected chi connectivity index (χ4v) is 5.63. The summed E-state index contributed by atoms with van der Waals surface area (Å²) in [5.41, 5.74) is 9.24. The molecule has 0 saturated heterocycles. The fraction of sp³-hybridized carbons (Fsp3) is 0.229. The Hall–Kier alpha value is -6.15. The van der Waals surface area contributed by atoms with Gasteiger partial charge >= 0.3 is 11.9 Å². The first kappa shape index (κ1) is 34.2. The van der Waals surface area contributed by atoms with Crippen LogP contribution in [-0.2, 0) is 43.2 Å². The number of aromatic nitrogens is 2. The number of nitrogens with one attached hydrogen (secondary N) is 5. The number of carbonyl (C=O) groups excluding carboxylic acids is 3. The lowest BCUT2D eigenvalue weighted by atomic mass is 10.0. The SMILES string of the molecule is NC(CC(=O)O)C(=O)NC(Cc1ccc(O)cc1)C(=O)NC(Cc1c[nH]c2ccccc12)C(=O)NC(Cc1c[nH]c2ccccc12)C(=O)O. The number of H-pyrrole nitrogens is 2. The molecule has 10 N–H and O–H groups in total. The van der Waals surface area contributed by atoms with E-state index in [1.54, 1.807) is 12.4 Å². The molecule has 0 aliphatic carbocycles. The summed E-state index contributed by atoms with van der Waals surface area (Å²) in [6.45, 7) is 0. The molecule has 0 bridgehead atoms. The van der Waals surface area contributed by atoms with Gasteiger partial charge in [0.1, 0.15) is 23.9 Å². The number of para-hydroxylation sites is 2. The summed E-state index contributed by atoms with van der Waals surface area (Å²) in [6, 6.07) is 15.1. The fourth-order valence-electron chi connectivity index (χ4n) is 5.63. The van der Waals surface area contributed by atoms with Crippen LogP contribution in [0.4, 0.5) is 0 Å². The van der Waals surface area contributed by atoms with Crippen molar-refractivity contribution in [3.63, 3.8) is 0 Å². The van der Waals surface area contributed by atoms with Crippen molar-refractivity contribution in [3.8, 4) is 5.75 Å². The minimum Gasteiger partial charge on any atom is -0.508 e. The van der Waals surface area contributed by atoms with Crippen molar-refractivity contribution >= 4 is 51.5 Å². The van der Waals surface area contributed by atoms with Crippen LogP contribution in [0.5, 0.6) is 5.75 Å². The molecule has 5 aromatic rings. The molecule has 3 amide bonds. The van der Waals surface area contributed by atoms with Gasteiger partial charge in [-0.05, 0) is 41.0 Å². The summed E-state index contributed by atoms with van der Waals surface area (Å²) in [4.78, 5) is 70.4. The van der Waals surface area contributed by atoms with Crippen molar-refractivity contribution in [1.29, 1.82) is 0 Å². The van der Waals surface area contributed by atoms with E-state index in [4.69, 9.17) is 10.8 Å². The predicted octanol–water partition coefficient (Wildman–Crippen LogP) is 1.72. The van der Waals surface area contributed by atoms with Crippen molar-refractivity contribution in [3.05, 3.63) is 102 Å². The first-order valence-electron chi connectivity index (χ1n) is 15.5. The van der Waals surface area contributed by atoms with E-state index in [1.807, 2.05) is 48.5 Å². The van der Waals surface area contributed by atoms with Crippen molar-refractivity contribution in [2.24, 2.45) is 5.73 Å². The van der Waals surface area contributed by atoms with E-state index in [-0.39, 0.29) is 25.0 Å². The largest absolute Gasteiger partial charge is 0.508 e. The molecule has 2 aromatic heterocycles. The van der Waals surface area contributed by atoms with E-state index in [0.29, 0.717) is 16.7 Å². The third-order valence-corrected chi connectivity index (χ3v) is 8.19. The molecule has 49 heavy (non-hydrogen) atoms. The van der Waals surface area contributed by atoms with Crippen LogP contribution in [-0.4, -0.2) is 79.1 Å². The number of hydrogen-bond donors (Lipinski definition) is 9. The van der Waals surface area contributed by atoms with Crippen molar-refractivity contribution in [2.75, 3.05) is 0 Å². The summed E-state index contributed by atoms with van der Waals surface area (Å²) in [6.07, 6.45) is 2.51. The number of rotatable bonds is 15. The number of aliphatic carboxylic acids is 2. The number of carbonyl (C=O) groups is 5. The average Bonchev–Trinajstić information content (AvgIpc) is 3.68. The number of amides is 3. The van der Waals surface area contributed by atoms with Crippen LogP contribution in [0.15, 0.2) is 85.2 Å². The lowest BCUT2D eigenvalue weighted by Gasteiger charge is -2.25. The first-order chi connectivity index (χ1) is 23.5. The van der Waals surface area contributed by atoms with Gasteiger partial charge in [0.05, 0.1) is 12.5 Å². The number of phenols is 1. The molecule has 4 unspecified atom stereocenters. The molecular weight excluding hydrogens is 632 g/mol. The van der Waals surface area contributed by atoms with Gasteiger partial charge in [0, 0.05) is 53.5 Å². The molecule has 0 aliphatic rings. The minimum atomic E-state index is -1.46. The standard InChI is InChI=1S/C35H36N6O8/c36-25(16-31(43)44)32(45)39-28(13-19-9-11-22(42)12-10-19)33(46)40-29(14-20-17-37-26-7-3-1-5-23(20)26)34(47)41-30(35(48)49)15-21-18-38-27-8-4-2-6-24(21)27/h1-12,17-18,25,28-30,37-38,42H,13-16,36H2,(H,39,45)(H,40,46)(H,41,47)(H,43,44)(H,48,49). The summed E-state index contributed by atoms with van der Waals surface area (Å²) < 4.78 is 0. The monoisotopic (exact) mass is 668 g/mol. The van der Waals surface area contributed by atoms with Crippen LogP contribution in [0, 0.1) is 0 Å². The highest BCUT2D eigenvalue weighted by molar-refractivity contribution is 5.96. The van der Waals surface area contributed by atoms with E-state index in [1.165, 1.54) is 24.3 Å². The first-order valence-corrected chi connectivity index (χ1v) is 15.5. The average molecular weight is 669 g/mol. The van der Waals surface area contributed by atoms with Crippen LogP contribution in [0.1, 0.15) is 23.1 Å². The highest BCUT2D eigenvalue weighted by Crippen LogP contribution is 2.21. The van der Waals surface area contributed by atoms with E-state index in [2.05, 4.69) is 25.9 Å². The lowest BCUT2D eigenvalue weighted by Crippen LogP contribution is -2.58. The molecule has 0 fully saturated rings. The minimum absolute atomic E-state index is 0.0200. The molecule has 0 saturated carbocycles. The maximum Gasteiger partial charge on any atom is 0.326 e. The molecule has 0 aliphatic heterocycles. The molecule has 14 heteroatoms. The van der Waals surface area contributed by atoms with E-state index in [0.717, 1.165) is 21.8 Å². The number of hydrogen-bond acceptors (Lipinski definition) is 7. The Morgan fingerprint density at radius 2 is 1.10 bits per heavy atom. The van der Waals surface area contributed by atoms with Crippen LogP contribution in [0.3, 0.4) is 0 Å². The van der Waals surface area contributed by atoms with Gasteiger partial charge in [-0.1, -0.05) is 48.5 Å².